The van der Waals surface area contributed by atoms with Crippen LogP contribution in [-0.2, 0) is 14.3 Å². The van der Waals surface area contributed by atoms with Crippen LogP contribution in [0.5, 0.6) is 0 Å². The van der Waals surface area contributed by atoms with Gasteiger partial charge in [-0.2, -0.15) is 0 Å². The van der Waals surface area contributed by atoms with Crippen molar-refractivity contribution in [3.05, 3.63) is 11.6 Å². The van der Waals surface area contributed by atoms with Crippen LogP contribution in [0.15, 0.2) is 11.6 Å². The Balaban J connectivity index is 4.15. The molecular formula is C9H14O3. The van der Waals surface area contributed by atoms with Crippen molar-refractivity contribution >= 4 is 11.8 Å². The van der Waals surface area contributed by atoms with Crippen molar-refractivity contribution in [2.24, 2.45) is 0 Å². The van der Waals surface area contributed by atoms with Gasteiger partial charge in [0.05, 0.1) is 6.61 Å². The number of esters is 1. The third-order valence-electron chi connectivity index (χ3n) is 1.38. The van der Waals surface area contributed by atoms with Gasteiger partial charge in [-0.3, -0.25) is 4.79 Å². The molecule has 0 atom stereocenters. The molecule has 12 heavy (non-hydrogen) atoms. The lowest BCUT2D eigenvalue weighted by molar-refractivity contribution is -0.137. The zero-order chi connectivity index (χ0) is 9.56. The lowest BCUT2D eigenvalue weighted by Crippen LogP contribution is -2.04. The van der Waals surface area contributed by atoms with Gasteiger partial charge in [0, 0.05) is 12.5 Å². The molecule has 3 nitrogen and oxygen atoms in total. The van der Waals surface area contributed by atoms with E-state index < -0.39 is 5.97 Å². The molecule has 0 rings (SSSR count). The molecule has 0 aliphatic heterocycles. The number of hydrogen-bond donors (Lipinski definition) is 0. The molecule has 0 spiro atoms. The molecule has 0 unspecified atom stereocenters. The SMILES string of the molecule is CCOC(=O)/C=C(\C)C(=O)CC. The zero-order valence-corrected chi connectivity index (χ0v) is 7.72. The molecular weight excluding hydrogens is 156 g/mol. The molecule has 0 saturated carbocycles. The van der Waals surface area contributed by atoms with E-state index >= 15 is 0 Å². The van der Waals surface area contributed by atoms with E-state index in [0.29, 0.717) is 18.6 Å². The van der Waals surface area contributed by atoms with E-state index in [0.717, 1.165) is 0 Å². The molecule has 0 aromatic heterocycles. The first-order valence-corrected chi connectivity index (χ1v) is 4.00. The maximum atomic E-state index is 11.0. The Morgan fingerprint density at radius 3 is 2.33 bits per heavy atom. The number of hydrogen-bond acceptors (Lipinski definition) is 3. The average Bonchev–Trinajstić information content (AvgIpc) is 2.03. The number of carbonyl (C=O) groups is 2. The normalized spacial score (nSPS) is 11.1. The van der Waals surface area contributed by atoms with Crippen LogP contribution in [0.1, 0.15) is 27.2 Å². The molecule has 0 aliphatic rings. The lowest BCUT2D eigenvalue weighted by Gasteiger charge is -1.97. The zero-order valence-electron chi connectivity index (χ0n) is 7.72. The van der Waals surface area contributed by atoms with Gasteiger partial charge in [-0.25, -0.2) is 4.79 Å². The highest BCUT2D eigenvalue weighted by atomic mass is 16.5. The summed E-state index contributed by atoms with van der Waals surface area (Å²) in [5, 5.41) is 0. The third kappa shape index (κ3) is 3.91. The molecule has 0 aromatic rings. The van der Waals surface area contributed by atoms with Gasteiger partial charge < -0.3 is 4.74 Å². The van der Waals surface area contributed by atoms with Gasteiger partial charge in [-0.05, 0) is 19.4 Å². The van der Waals surface area contributed by atoms with Gasteiger partial charge in [-0.15, -0.1) is 0 Å². The van der Waals surface area contributed by atoms with Crippen molar-refractivity contribution < 1.29 is 14.3 Å². The summed E-state index contributed by atoms with van der Waals surface area (Å²) in [6.07, 6.45) is 1.65. The van der Waals surface area contributed by atoms with E-state index in [4.69, 9.17) is 0 Å². The summed E-state index contributed by atoms with van der Waals surface area (Å²) in [5.41, 5.74) is 0.455. The van der Waals surface area contributed by atoms with Crippen LogP contribution >= 0.6 is 0 Å². The number of Topliss-reactive ketones (excluding diaryl/α,β-unsaturated/α-hetero) is 1. The molecule has 0 fully saturated rings. The largest absolute Gasteiger partial charge is 0.463 e. The fourth-order valence-corrected chi connectivity index (χ4v) is 0.720. The van der Waals surface area contributed by atoms with Gasteiger partial charge in [-0.1, -0.05) is 6.92 Å². The molecule has 0 bridgehead atoms. The highest BCUT2D eigenvalue weighted by Gasteiger charge is 2.03. The van der Waals surface area contributed by atoms with Crippen LogP contribution in [0.2, 0.25) is 0 Å². The summed E-state index contributed by atoms with van der Waals surface area (Å²) in [5.74, 6) is -0.472. The van der Waals surface area contributed by atoms with E-state index in [1.165, 1.54) is 6.08 Å². The molecule has 68 valence electrons. The van der Waals surface area contributed by atoms with Gasteiger partial charge >= 0.3 is 5.97 Å². The monoisotopic (exact) mass is 170 g/mol. The molecule has 0 amide bonds. The van der Waals surface area contributed by atoms with E-state index in [1.807, 2.05) is 0 Å². The van der Waals surface area contributed by atoms with Crippen LogP contribution in [0.4, 0.5) is 0 Å². The number of ketones is 1. The highest BCUT2D eigenvalue weighted by molar-refractivity contribution is 6.00. The maximum Gasteiger partial charge on any atom is 0.331 e. The van der Waals surface area contributed by atoms with Gasteiger partial charge in [0.2, 0.25) is 0 Å². The fraction of sp³-hybridized carbons (Fsp3) is 0.556. The fourth-order valence-electron chi connectivity index (χ4n) is 0.720. The number of carbonyl (C=O) groups excluding carboxylic acids is 2. The summed E-state index contributed by atoms with van der Waals surface area (Å²) in [6.45, 7) is 5.43. The molecule has 0 saturated heterocycles. The van der Waals surface area contributed by atoms with Crippen LogP contribution in [0.25, 0.3) is 0 Å². The first-order valence-electron chi connectivity index (χ1n) is 4.00. The standard InChI is InChI=1S/C9H14O3/c1-4-8(10)7(3)6-9(11)12-5-2/h6H,4-5H2,1-3H3/b7-6+. The van der Waals surface area contributed by atoms with Crippen LogP contribution in [-0.4, -0.2) is 18.4 Å². The molecule has 0 aromatic carbocycles. The van der Waals surface area contributed by atoms with E-state index in [2.05, 4.69) is 4.74 Å². The first-order chi connectivity index (χ1) is 5.61. The first kappa shape index (κ1) is 10.9. The van der Waals surface area contributed by atoms with Crippen molar-refractivity contribution in [2.45, 2.75) is 27.2 Å². The predicted octanol–water partition coefficient (Wildman–Crippen LogP) is 1.47. The van der Waals surface area contributed by atoms with E-state index in [-0.39, 0.29) is 5.78 Å². The van der Waals surface area contributed by atoms with Crippen molar-refractivity contribution in [1.82, 2.24) is 0 Å². The van der Waals surface area contributed by atoms with Crippen LogP contribution in [0.3, 0.4) is 0 Å². The Morgan fingerprint density at radius 2 is 1.92 bits per heavy atom. The van der Waals surface area contributed by atoms with Crippen molar-refractivity contribution in [3.8, 4) is 0 Å². The average molecular weight is 170 g/mol. The minimum absolute atomic E-state index is 0.0250. The Kier molecular flexibility index (Phi) is 5.00. The van der Waals surface area contributed by atoms with Gasteiger partial charge in [0.15, 0.2) is 5.78 Å². The molecule has 0 heterocycles. The smallest absolute Gasteiger partial charge is 0.331 e. The highest BCUT2D eigenvalue weighted by Crippen LogP contribution is 1.98. The topological polar surface area (TPSA) is 43.4 Å². The summed E-state index contributed by atoms with van der Waals surface area (Å²) >= 11 is 0. The van der Waals surface area contributed by atoms with Crippen molar-refractivity contribution in [1.29, 1.82) is 0 Å². The molecule has 3 heteroatoms. The number of rotatable bonds is 4. The quantitative estimate of drug-likeness (QED) is 0.474. The van der Waals surface area contributed by atoms with Gasteiger partial charge in [0.1, 0.15) is 0 Å². The van der Waals surface area contributed by atoms with Crippen molar-refractivity contribution in [3.63, 3.8) is 0 Å². The summed E-state index contributed by atoms with van der Waals surface area (Å²) in [4.78, 5) is 21.8. The van der Waals surface area contributed by atoms with Crippen LogP contribution in [0, 0.1) is 0 Å². The molecule has 0 radical (unpaired) electrons. The number of ether oxygens (including phenoxy) is 1. The Labute approximate surface area is 72.4 Å². The Morgan fingerprint density at radius 1 is 1.33 bits per heavy atom. The lowest BCUT2D eigenvalue weighted by atomic mass is 10.1. The van der Waals surface area contributed by atoms with Crippen molar-refractivity contribution in [2.75, 3.05) is 6.61 Å². The second kappa shape index (κ2) is 5.52. The Bertz CT molecular complexity index is 204. The summed E-state index contributed by atoms with van der Waals surface area (Å²) in [7, 11) is 0. The molecule has 0 N–H and O–H groups in total. The minimum Gasteiger partial charge on any atom is -0.463 e. The second-order valence-electron chi connectivity index (χ2n) is 2.36. The second-order valence-corrected chi connectivity index (χ2v) is 2.36. The van der Waals surface area contributed by atoms with Crippen LogP contribution < -0.4 is 0 Å². The summed E-state index contributed by atoms with van der Waals surface area (Å²) < 4.78 is 4.64. The summed E-state index contributed by atoms with van der Waals surface area (Å²) in [6, 6.07) is 0. The van der Waals surface area contributed by atoms with Gasteiger partial charge in [0.25, 0.3) is 0 Å². The van der Waals surface area contributed by atoms with E-state index in [9.17, 15) is 9.59 Å². The third-order valence-corrected chi connectivity index (χ3v) is 1.38. The molecule has 0 aliphatic carbocycles. The van der Waals surface area contributed by atoms with E-state index in [1.54, 1.807) is 20.8 Å². The number of allylic oxidation sites excluding steroid dienone is 1. The maximum absolute atomic E-state index is 11.0. The Hall–Kier alpha value is -1.12. The predicted molar refractivity (Wildman–Crippen MR) is 45.7 cm³/mol. The minimum atomic E-state index is -0.447.